The highest BCUT2D eigenvalue weighted by Crippen LogP contribution is 2.27. The molecule has 3 rings (SSSR count). The Morgan fingerprint density at radius 3 is 2.33 bits per heavy atom. The van der Waals surface area contributed by atoms with Crippen molar-refractivity contribution >= 4 is 5.91 Å². The number of nitrogens with zero attached hydrogens (tertiary/aromatic N) is 1. The largest absolute Gasteiger partial charge is 0.493 e. The van der Waals surface area contributed by atoms with Crippen LogP contribution < -0.4 is 14.8 Å². The van der Waals surface area contributed by atoms with Crippen molar-refractivity contribution in [2.45, 2.75) is 13.1 Å². The molecule has 1 saturated heterocycles. The number of benzene rings is 2. The topological polar surface area (TPSA) is 60.0 Å². The molecular weight excluding hydrogens is 344 g/mol. The van der Waals surface area contributed by atoms with Gasteiger partial charge in [-0.15, -0.1) is 0 Å². The SMILES string of the molecule is COc1ccc(CNC(=O)c2ccc(CN3CCOCC3)cc2)cc1OC. The maximum atomic E-state index is 12.4. The highest BCUT2D eigenvalue weighted by atomic mass is 16.5. The fourth-order valence-corrected chi connectivity index (χ4v) is 3.05. The summed E-state index contributed by atoms with van der Waals surface area (Å²) in [4.78, 5) is 14.8. The summed E-state index contributed by atoms with van der Waals surface area (Å²) >= 11 is 0. The molecule has 1 aliphatic heterocycles. The summed E-state index contributed by atoms with van der Waals surface area (Å²) in [6.45, 7) is 4.79. The molecule has 2 aromatic rings. The van der Waals surface area contributed by atoms with Gasteiger partial charge in [-0.3, -0.25) is 9.69 Å². The standard InChI is InChI=1S/C21H26N2O4/c1-25-19-8-5-17(13-20(19)26-2)14-22-21(24)18-6-3-16(4-7-18)15-23-9-11-27-12-10-23/h3-8,13H,9-12,14-15H2,1-2H3,(H,22,24). The minimum absolute atomic E-state index is 0.0947. The molecule has 1 fully saturated rings. The van der Waals surface area contributed by atoms with Crippen molar-refractivity contribution in [3.8, 4) is 11.5 Å². The molecule has 0 radical (unpaired) electrons. The van der Waals surface area contributed by atoms with Crippen molar-refractivity contribution in [2.24, 2.45) is 0 Å². The summed E-state index contributed by atoms with van der Waals surface area (Å²) in [5.74, 6) is 1.22. The predicted octanol–water partition coefficient (Wildman–Crippen LogP) is 2.47. The Morgan fingerprint density at radius 1 is 1.00 bits per heavy atom. The molecule has 0 aromatic heterocycles. The number of carbonyl (C=O) groups excluding carboxylic acids is 1. The molecule has 144 valence electrons. The van der Waals surface area contributed by atoms with Crippen LogP contribution in [0.4, 0.5) is 0 Å². The van der Waals surface area contributed by atoms with Crippen LogP contribution in [-0.4, -0.2) is 51.3 Å². The second-order valence-corrected chi connectivity index (χ2v) is 6.46. The van der Waals surface area contributed by atoms with Gasteiger partial charge in [0.05, 0.1) is 27.4 Å². The fourth-order valence-electron chi connectivity index (χ4n) is 3.05. The van der Waals surface area contributed by atoms with Gasteiger partial charge in [-0.1, -0.05) is 18.2 Å². The Morgan fingerprint density at radius 2 is 1.67 bits per heavy atom. The van der Waals surface area contributed by atoms with Crippen LogP contribution in [0.5, 0.6) is 11.5 Å². The first-order valence-electron chi connectivity index (χ1n) is 9.07. The van der Waals surface area contributed by atoms with Crippen molar-refractivity contribution in [3.05, 3.63) is 59.2 Å². The van der Waals surface area contributed by atoms with Crippen molar-refractivity contribution in [3.63, 3.8) is 0 Å². The normalized spacial score (nSPS) is 14.6. The van der Waals surface area contributed by atoms with Crippen LogP contribution in [0, 0.1) is 0 Å². The molecule has 0 bridgehead atoms. The first-order chi connectivity index (χ1) is 13.2. The second-order valence-electron chi connectivity index (χ2n) is 6.46. The quantitative estimate of drug-likeness (QED) is 0.811. The van der Waals surface area contributed by atoms with E-state index in [0.717, 1.165) is 38.4 Å². The number of morpholine rings is 1. The van der Waals surface area contributed by atoms with Gasteiger partial charge in [-0.05, 0) is 35.4 Å². The van der Waals surface area contributed by atoms with Crippen molar-refractivity contribution in [1.29, 1.82) is 0 Å². The van der Waals surface area contributed by atoms with E-state index < -0.39 is 0 Å². The molecule has 27 heavy (non-hydrogen) atoms. The van der Waals surface area contributed by atoms with E-state index >= 15 is 0 Å². The first-order valence-corrected chi connectivity index (χ1v) is 9.07. The van der Waals surface area contributed by atoms with Gasteiger partial charge in [0, 0.05) is 31.7 Å². The molecule has 6 nitrogen and oxygen atoms in total. The van der Waals surface area contributed by atoms with E-state index in [2.05, 4.69) is 10.2 Å². The summed E-state index contributed by atoms with van der Waals surface area (Å²) in [7, 11) is 3.20. The second kappa shape index (κ2) is 9.39. The smallest absolute Gasteiger partial charge is 0.251 e. The summed E-state index contributed by atoms with van der Waals surface area (Å²) < 4.78 is 15.9. The Labute approximate surface area is 160 Å². The Hall–Kier alpha value is -2.57. The molecule has 1 aliphatic rings. The summed E-state index contributed by atoms with van der Waals surface area (Å²) in [5, 5.41) is 2.94. The fraction of sp³-hybridized carbons (Fsp3) is 0.381. The van der Waals surface area contributed by atoms with Gasteiger partial charge in [0.25, 0.3) is 5.91 Å². The van der Waals surface area contributed by atoms with Gasteiger partial charge in [0.15, 0.2) is 11.5 Å². The highest BCUT2D eigenvalue weighted by Gasteiger charge is 2.12. The molecule has 1 heterocycles. The van der Waals surface area contributed by atoms with E-state index in [9.17, 15) is 4.79 Å². The van der Waals surface area contributed by atoms with Gasteiger partial charge < -0.3 is 19.5 Å². The summed E-state index contributed by atoms with van der Waals surface area (Å²) in [6, 6.07) is 13.4. The van der Waals surface area contributed by atoms with Gasteiger partial charge in [-0.2, -0.15) is 0 Å². The number of ether oxygens (including phenoxy) is 3. The van der Waals surface area contributed by atoms with E-state index in [1.165, 1.54) is 5.56 Å². The van der Waals surface area contributed by atoms with Crippen LogP contribution in [0.2, 0.25) is 0 Å². The zero-order chi connectivity index (χ0) is 19.1. The van der Waals surface area contributed by atoms with Crippen molar-refractivity contribution in [1.82, 2.24) is 10.2 Å². The number of amides is 1. The number of methoxy groups -OCH3 is 2. The minimum Gasteiger partial charge on any atom is -0.493 e. The summed E-state index contributed by atoms with van der Waals surface area (Å²) in [5.41, 5.74) is 2.81. The van der Waals surface area contributed by atoms with Gasteiger partial charge >= 0.3 is 0 Å². The molecule has 6 heteroatoms. The zero-order valence-corrected chi connectivity index (χ0v) is 15.9. The van der Waals surface area contributed by atoms with Crippen LogP contribution in [0.1, 0.15) is 21.5 Å². The van der Waals surface area contributed by atoms with E-state index in [0.29, 0.717) is 23.6 Å². The molecule has 0 atom stereocenters. The molecule has 0 unspecified atom stereocenters. The molecule has 2 aromatic carbocycles. The number of nitrogens with one attached hydrogen (secondary N) is 1. The number of hydrogen-bond acceptors (Lipinski definition) is 5. The van der Waals surface area contributed by atoms with Crippen LogP contribution >= 0.6 is 0 Å². The van der Waals surface area contributed by atoms with Crippen LogP contribution in [0.3, 0.4) is 0 Å². The van der Waals surface area contributed by atoms with Crippen LogP contribution in [0.25, 0.3) is 0 Å². The number of rotatable bonds is 7. The lowest BCUT2D eigenvalue weighted by atomic mass is 10.1. The van der Waals surface area contributed by atoms with Crippen LogP contribution in [-0.2, 0) is 17.8 Å². The third-order valence-corrected chi connectivity index (χ3v) is 4.63. The van der Waals surface area contributed by atoms with E-state index in [1.807, 2.05) is 42.5 Å². The van der Waals surface area contributed by atoms with Crippen LogP contribution in [0.15, 0.2) is 42.5 Å². The van der Waals surface area contributed by atoms with Crippen molar-refractivity contribution in [2.75, 3.05) is 40.5 Å². The zero-order valence-electron chi connectivity index (χ0n) is 15.9. The van der Waals surface area contributed by atoms with E-state index in [1.54, 1.807) is 14.2 Å². The van der Waals surface area contributed by atoms with Gasteiger partial charge in [0.1, 0.15) is 0 Å². The Bertz CT molecular complexity index is 755. The first kappa shape index (κ1) is 19.2. The maximum absolute atomic E-state index is 12.4. The maximum Gasteiger partial charge on any atom is 0.251 e. The third kappa shape index (κ3) is 5.21. The molecule has 0 saturated carbocycles. The molecule has 1 N–H and O–H groups in total. The third-order valence-electron chi connectivity index (χ3n) is 4.63. The molecule has 0 aliphatic carbocycles. The average Bonchev–Trinajstić information content (AvgIpc) is 2.73. The van der Waals surface area contributed by atoms with Gasteiger partial charge in [0.2, 0.25) is 0 Å². The van der Waals surface area contributed by atoms with Gasteiger partial charge in [-0.25, -0.2) is 0 Å². The average molecular weight is 370 g/mol. The summed E-state index contributed by atoms with van der Waals surface area (Å²) in [6.07, 6.45) is 0. The highest BCUT2D eigenvalue weighted by molar-refractivity contribution is 5.94. The molecule has 1 amide bonds. The minimum atomic E-state index is -0.0947. The molecular formula is C21H26N2O4. The lowest BCUT2D eigenvalue weighted by molar-refractivity contribution is 0.0342. The number of hydrogen-bond donors (Lipinski definition) is 1. The Balaban J connectivity index is 1.54. The predicted molar refractivity (Wildman–Crippen MR) is 103 cm³/mol. The number of carbonyl (C=O) groups is 1. The lowest BCUT2D eigenvalue weighted by Gasteiger charge is -2.26. The molecule has 0 spiro atoms. The Kier molecular flexibility index (Phi) is 6.68. The lowest BCUT2D eigenvalue weighted by Crippen LogP contribution is -2.35. The van der Waals surface area contributed by atoms with Crippen molar-refractivity contribution < 1.29 is 19.0 Å². The van der Waals surface area contributed by atoms with E-state index in [-0.39, 0.29) is 5.91 Å². The van der Waals surface area contributed by atoms with E-state index in [4.69, 9.17) is 14.2 Å². The monoisotopic (exact) mass is 370 g/mol.